The van der Waals surface area contributed by atoms with E-state index in [-0.39, 0.29) is 35.8 Å². The normalized spacial score (nSPS) is 16.7. The second kappa shape index (κ2) is 19.2. The Kier molecular flexibility index (Phi) is 13.1. The lowest BCUT2D eigenvalue weighted by Gasteiger charge is -2.36. The van der Waals surface area contributed by atoms with Crippen LogP contribution in [0.5, 0.6) is 0 Å². The summed E-state index contributed by atoms with van der Waals surface area (Å²) in [5.74, 6) is -1.04. The number of piperidine rings is 1. The number of nitrogens with zero attached hydrogens (tertiary/aromatic N) is 8. The van der Waals surface area contributed by atoms with Crippen molar-refractivity contribution in [1.29, 1.82) is 0 Å². The summed E-state index contributed by atoms with van der Waals surface area (Å²) in [5, 5.41) is 9.26. The average molecular weight is 879 g/mol. The minimum Gasteiger partial charge on any atom is -0.367 e. The van der Waals surface area contributed by atoms with Crippen molar-refractivity contribution in [3.63, 3.8) is 0 Å². The number of anilines is 3. The van der Waals surface area contributed by atoms with Gasteiger partial charge in [0.05, 0.1) is 17.3 Å². The Hall–Kier alpha value is -7.30. The van der Waals surface area contributed by atoms with Crippen LogP contribution in [0.4, 0.5) is 26.4 Å². The molecule has 0 spiro atoms. The van der Waals surface area contributed by atoms with E-state index in [1.165, 1.54) is 21.6 Å². The number of urea groups is 1. The summed E-state index contributed by atoms with van der Waals surface area (Å²) in [7, 11) is 5.36. The third-order valence-electron chi connectivity index (χ3n) is 12.2. The van der Waals surface area contributed by atoms with Crippen molar-refractivity contribution in [3.05, 3.63) is 142 Å². The molecular formula is C49H51FN10O5. The Balaban J connectivity index is 0.00000187. The fraction of sp³-hybridized carbons (Fsp3) is 0.286. The number of nitrogens with one attached hydrogen (secondary N) is 2. The lowest BCUT2D eigenvalue weighted by atomic mass is 9.90. The van der Waals surface area contributed by atoms with E-state index in [9.17, 15) is 24.0 Å². The summed E-state index contributed by atoms with van der Waals surface area (Å²) in [5.41, 5.74) is 8.12. The predicted molar refractivity (Wildman–Crippen MR) is 248 cm³/mol. The number of benzene rings is 4. The predicted octanol–water partition coefficient (Wildman–Crippen LogP) is 5.68. The maximum Gasteiger partial charge on any atom is 0.350 e. The van der Waals surface area contributed by atoms with Gasteiger partial charge in [-0.3, -0.25) is 34.4 Å². The Labute approximate surface area is 376 Å². The number of aryl methyl sites for hydroxylation is 1. The number of amides is 4. The van der Waals surface area contributed by atoms with Gasteiger partial charge in [0, 0.05) is 76.7 Å². The second-order valence-corrected chi connectivity index (χ2v) is 16.4. The van der Waals surface area contributed by atoms with E-state index >= 15 is 4.39 Å². The van der Waals surface area contributed by atoms with E-state index in [1.807, 2.05) is 56.3 Å². The van der Waals surface area contributed by atoms with Gasteiger partial charge in [-0.2, -0.15) is 5.10 Å². The SMILES string of the molecule is CNC.Cc1c(-c2ccc(-n3cnn(C)c3=O)cc2-c2ccc(CN3CCN(c4ccc(C5CCC(=O)NC5=O)cc4F)CC3)cc2)ccnc1N1CCN(c2cccc(C=O)c2)C1=O. The molecule has 5 heterocycles. The molecule has 0 bridgehead atoms. The Morgan fingerprint density at radius 1 is 0.815 bits per heavy atom. The molecule has 1 unspecified atom stereocenters. The van der Waals surface area contributed by atoms with Gasteiger partial charge in [-0.05, 0) is 109 Å². The van der Waals surface area contributed by atoms with Crippen LogP contribution in [0.15, 0.2) is 108 Å². The molecular weight excluding hydrogens is 828 g/mol. The molecule has 4 aromatic carbocycles. The van der Waals surface area contributed by atoms with Crippen molar-refractivity contribution in [2.24, 2.45) is 7.05 Å². The lowest BCUT2D eigenvalue weighted by molar-refractivity contribution is -0.134. The van der Waals surface area contributed by atoms with Gasteiger partial charge in [0.15, 0.2) is 0 Å². The smallest absolute Gasteiger partial charge is 0.350 e. The zero-order valence-corrected chi connectivity index (χ0v) is 36.8. The highest BCUT2D eigenvalue weighted by atomic mass is 19.1. The van der Waals surface area contributed by atoms with Crippen LogP contribution in [0.25, 0.3) is 27.9 Å². The Bertz CT molecular complexity index is 2820. The van der Waals surface area contributed by atoms with Crippen LogP contribution in [-0.4, -0.2) is 102 Å². The molecule has 0 radical (unpaired) electrons. The largest absolute Gasteiger partial charge is 0.367 e. The molecule has 16 heteroatoms. The zero-order chi connectivity index (χ0) is 45.8. The zero-order valence-electron chi connectivity index (χ0n) is 36.8. The fourth-order valence-electron chi connectivity index (χ4n) is 8.75. The van der Waals surface area contributed by atoms with E-state index in [0.717, 1.165) is 52.8 Å². The maximum atomic E-state index is 15.4. The third kappa shape index (κ3) is 9.21. The van der Waals surface area contributed by atoms with Gasteiger partial charge >= 0.3 is 11.7 Å². The summed E-state index contributed by atoms with van der Waals surface area (Å²) >= 11 is 0. The summed E-state index contributed by atoms with van der Waals surface area (Å²) in [4.78, 5) is 74.6. The monoisotopic (exact) mass is 878 g/mol. The molecule has 2 N–H and O–H groups in total. The first kappa shape index (κ1) is 44.3. The van der Waals surface area contributed by atoms with E-state index in [2.05, 4.69) is 49.9 Å². The first-order valence-corrected chi connectivity index (χ1v) is 21.6. The van der Waals surface area contributed by atoms with Crippen LogP contribution < -0.4 is 31.0 Å². The van der Waals surface area contributed by atoms with E-state index in [1.54, 1.807) is 53.4 Å². The van der Waals surface area contributed by atoms with Crippen LogP contribution in [0.2, 0.25) is 0 Å². The number of piperazine rings is 1. The Morgan fingerprint density at radius 2 is 1.57 bits per heavy atom. The second-order valence-electron chi connectivity index (χ2n) is 16.4. The van der Waals surface area contributed by atoms with Crippen molar-refractivity contribution in [3.8, 4) is 27.9 Å². The number of aldehydes is 1. The number of carbonyl (C=O) groups is 4. The van der Waals surface area contributed by atoms with Crippen LogP contribution in [0, 0.1) is 12.7 Å². The van der Waals surface area contributed by atoms with Crippen molar-refractivity contribution in [2.45, 2.75) is 32.2 Å². The van der Waals surface area contributed by atoms with Gasteiger partial charge in [0.2, 0.25) is 11.8 Å². The first-order valence-electron chi connectivity index (χ1n) is 21.6. The van der Waals surface area contributed by atoms with Crippen molar-refractivity contribution in [2.75, 3.05) is 68.1 Å². The number of hydrogen-bond acceptors (Lipinski definition) is 10. The van der Waals surface area contributed by atoms with Gasteiger partial charge in [0.1, 0.15) is 24.2 Å². The minimum absolute atomic E-state index is 0.225. The molecule has 3 fully saturated rings. The van der Waals surface area contributed by atoms with E-state index in [0.29, 0.717) is 73.2 Å². The number of hydrogen-bond donors (Lipinski definition) is 2. The van der Waals surface area contributed by atoms with E-state index in [4.69, 9.17) is 0 Å². The summed E-state index contributed by atoms with van der Waals surface area (Å²) in [6.45, 7) is 6.26. The summed E-state index contributed by atoms with van der Waals surface area (Å²) < 4.78 is 18.2. The third-order valence-corrected chi connectivity index (χ3v) is 12.2. The molecule has 9 rings (SSSR count). The number of imide groups is 1. The molecule has 4 amide bonds. The number of carbonyl (C=O) groups excluding carboxylic acids is 4. The van der Waals surface area contributed by atoms with Crippen LogP contribution in [0.1, 0.15) is 45.8 Å². The van der Waals surface area contributed by atoms with Crippen molar-refractivity contribution in [1.82, 2.24) is 34.9 Å². The van der Waals surface area contributed by atoms with Gasteiger partial charge in [-0.1, -0.05) is 48.5 Å². The molecule has 3 aliphatic heterocycles. The fourth-order valence-corrected chi connectivity index (χ4v) is 8.75. The van der Waals surface area contributed by atoms with Crippen LogP contribution >= 0.6 is 0 Å². The molecule has 3 aliphatic rings. The lowest BCUT2D eigenvalue weighted by Crippen LogP contribution is -2.46. The Morgan fingerprint density at radius 3 is 2.26 bits per heavy atom. The molecule has 0 aliphatic carbocycles. The highest BCUT2D eigenvalue weighted by Gasteiger charge is 2.33. The average Bonchev–Trinajstić information content (AvgIpc) is 3.87. The van der Waals surface area contributed by atoms with E-state index < -0.39 is 5.92 Å². The quantitative estimate of drug-likeness (QED) is 0.130. The topological polar surface area (TPSA) is 158 Å². The maximum absolute atomic E-state index is 15.4. The van der Waals surface area contributed by atoms with Crippen molar-refractivity contribution >= 4 is 41.3 Å². The van der Waals surface area contributed by atoms with Gasteiger partial charge in [-0.15, -0.1) is 0 Å². The first-order chi connectivity index (χ1) is 31.5. The summed E-state index contributed by atoms with van der Waals surface area (Å²) in [6.07, 6.45) is 4.59. The molecule has 6 aromatic rings. The molecule has 65 heavy (non-hydrogen) atoms. The van der Waals surface area contributed by atoms with Crippen LogP contribution in [-0.2, 0) is 23.2 Å². The van der Waals surface area contributed by atoms with Crippen molar-refractivity contribution < 1.29 is 23.6 Å². The molecule has 1 atom stereocenters. The standard InChI is InChI=1S/C47H44FN9O5.C2H7N/c1-30-37(16-17-49-44(30)56-23-22-55(47(56)62)35-5-3-4-32(24-35)28-58)39-12-11-36(57-29-50-52(2)46(57)61)26-40(39)33-8-6-31(7-9-33)27-53-18-20-54(21-19-53)42-14-10-34(25-41(42)48)38-13-15-43(59)51-45(38)60;1-3-2/h3-12,14,16-17,24-26,28-29,38H,13,15,18-23,27H2,1-2H3,(H,51,59,60);3H,1-2H3. The molecule has 0 saturated carbocycles. The van der Waals surface area contributed by atoms with Gasteiger partial charge in [0.25, 0.3) is 0 Å². The van der Waals surface area contributed by atoms with Gasteiger partial charge < -0.3 is 10.2 Å². The highest BCUT2D eigenvalue weighted by Crippen LogP contribution is 2.39. The van der Waals surface area contributed by atoms with Crippen LogP contribution in [0.3, 0.4) is 0 Å². The molecule has 3 saturated heterocycles. The molecule has 2 aromatic heterocycles. The number of pyridine rings is 1. The molecule has 15 nitrogen and oxygen atoms in total. The number of rotatable bonds is 10. The minimum atomic E-state index is -0.534. The highest BCUT2D eigenvalue weighted by molar-refractivity contribution is 6.07. The summed E-state index contributed by atoms with van der Waals surface area (Å²) in [6, 6.07) is 27.8. The van der Waals surface area contributed by atoms with Gasteiger partial charge in [-0.25, -0.2) is 28.2 Å². The molecule has 334 valence electrons. The number of aromatic nitrogens is 4. The number of halogens is 1.